The highest BCUT2D eigenvalue weighted by Crippen LogP contribution is 2.24. The van der Waals surface area contributed by atoms with Crippen molar-refractivity contribution in [3.05, 3.63) is 107 Å². The Kier molecular flexibility index (Phi) is 5.76. The molecule has 1 N–H and O–H groups in total. The summed E-state index contributed by atoms with van der Waals surface area (Å²) in [6, 6.07) is 24.8. The van der Waals surface area contributed by atoms with Crippen LogP contribution in [-0.2, 0) is 9.84 Å². The molecule has 5 aromatic rings. The first-order valence-electron chi connectivity index (χ1n) is 10.7. The maximum Gasteiger partial charge on any atom is 0.345 e. The fraction of sp³-hybridized carbons (Fsp3) is 0.0385. The van der Waals surface area contributed by atoms with Gasteiger partial charge in [0.25, 0.3) is 0 Å². The second-order valence-electron chi connectivity index (χ2n) is 7.87. The number of rotatable bonds is 6. The SMILES string of the molecule is CS(=O)(=O)c1ccc(N/N=C/c2cn(-c3ccccc3)nc2-c2cc3ccccc3oc2=O)cc1. The van der Waals surface area contributed by atoms with Crippen molar-refractivity contribution in [2.75, 3.05) is 11.7 Å². The third kappa shape index (κ3) is 4.75. The van der Waals surface area contributed by atoms with E-state index in [0.29, 0.717) is 28.1 Å². The summed E-state index contributed by atoms with van der Waals surface area (Å²) in [5.41, 5.74) is 5.64. The summed E-state index contributed by atoms with van der Waals surface area (Å²) in [7, 11) is -3.28. The summed E-state index contributed by atoms with van der Waals surface area (Å²) >= 11 is 0. The molecule has 9 heteroatoms. The van der Waals surface area contributed by atoms with Gasteiger partial charge >= 0.3 is 5.63 Å². The third-order valence-corrected chi connectivity index (χ3v) is 6.47. The number of benzene rings is 3. The van der Waals surface area contributed by atoms with Gasteiger partial charge < -0.3 is 4.42 Å². The van der Waals surface area contributed by atoms with Crippen molar-refractivity contribution < 1.29 is 12.8 Å². The van der Waals surface area contributed by atoms with Crippen LogP contribution in [0.4, 0.5) is 5.69 Å². The zero-order chi connectivity index (χ0) is 24.4. The van der Waals surface area contributed by atoms with Gasteiger partial charge in [0.2, 0.25) is 0 Å². The molecular weight excluding hydrogens is 464 g/mol. The van der Waals surface area contributed by atoms with E-state index in [1.165, 1.54) is 12.1 Å². The van der Waals surface area contributed by atoms with Gasteiger partial charge in [0.15, 0.2) is 9.84 Å². The predicted octanol–water partition coefficient (Wildman–Crippen LogP) is 4.50. The highest BCUT2D eigenvalue weighted by atomic mass is 32.2. The summed E-state index contributed by atoms with van der Waals surface area (Å²) < 4.78 is 30.5. The van der Waals surface area contributed by atoms with E-state index in [-0.39, 0.29) is 4.90 Å². The summed E-state index contributed by atoms with van der Waals surface area (Å²) in [5.74, 6) is 0. The number of fused-ring (bicyclic) bond motifs is 1. The molecule has 0 spiro atoms. The van der Waals surface area contributed by atoms with E-state index in [1.807, 2.05) is 42.5 Å². The van der Waals surface area contributed by atoms with Crippen LogP contribution in [-0.4, -0.2) is 30.7 Å². The lowest BCUT2D eigenvalue weighted by atomic mass is 10.1. The molecule has 0 saturated carbocycles. The Morgan fingerprint density at radius 1 is 0.971 bits per heavy atom. The Bertz CT molecular complexity index is 1700. The van der Waals surface area contributed by atoms with E-state index in [2.05, 4.69) is 15.6 Å². The summed E-state index contributed by atoms with van der Waals surface area (Å²) in [5, 5.41) is 9.71. The molecule has 174 valence electrons. The fourth-order valence-electron chi connectivity index (χ4n) is 3.58. The number of sulfone groups is 1. The molecule has 0 aliphatic heterocycles. The molecule has 35 heavy (non-hydrogen) atoms. The fourth-order valence-corrected chi connectivity index (χ4v) is 4.21. The molecule has 0 unspecified atom stereocenters. The average Bonchev–Trinajstić information content (AvgIpc) is 3.28. The van der Waals surface area contributed by atoms with E-state index >= 15 is 0 Å². The molecular formula is C26H20N4O4S. The van der Waals surface area contributed by atoms with Gasteiger partial charge in [0, 0.05) is 23.4 Å². The van der Waals surface area contributed by atoms with Crippen molar-refractivity contribution in [1.29, 1.82) is 0 Å². The van der Waals surface area contributed by atoms with Crippen LogP contribution in [0.2, 0.25) is 0 Å². The highest BCUT2D eigenvalue weighted by molar-refractivity contribution is 7.90. The molecule has 3 aromatic carbocycles. The Hall–Kier alpha value is -4.50. The van der Waals surface area contributed by atoms with Crippen LogP contribution in [0.25, 0.3) is 27.9 Å². The molecule has 0 aliphatic rings. The van der Waals surface area contributed by atoms with Crippen molar-refractivity contribution in [1.82, 2.24) is 9.78 Å². The number of nitrogens with zero attached hydrogens (tertiary/aromatic N) is 3. The van der Waals surface area contributed by atoms with E-state index < -0.39 is 15.5 Å². The summed E-state index contributed by atoms with van der Waals surface area (Å²) in [4.78, 5) is 13.0. The van der Waals surface area contributed by atoms with Crippen molar-refractivity contribution in [3.8, 4) is 16.9 Å². The first-order chi connectivity index (χ1) is 16.9. The topological polar surface area (TPSA) is 107 Å². The molecule has 2 aromatic heterocycles. The molecule has 0 radical (unpaired) electrons. The van der Waals surface area contributed by atoms with Gasteiger partial charge in [-0.15, -0.1) is 0 Å². The molecule has 0 bridgehead atoms. The minimum atomic E-state index is -3.28. The van der Waals surface area contributed by atoms with Gasteiger partial charge in [0.1, 0.15) is 11.3 Å². The monoisotopic (exact) mass is 484 g/mol. The summed E-state index contributed by atoms with van der Waals surface area (Å²) in [6.45, 7) is 0. The summed E-state index contributed by atoms with van der Waals surface area (Å²) in [6.07, 6.45) is 4.49. The zero-order valence-electron chi connectivity index (χ0n) is 18.6. The highest BCUT2D eigenvalue weighted by Gasteiger charge is 2.16. The van der Waals surface area contributed by atoms with Gasteiger partial charge in [-0.25, -0.2) is 17.9 Å². The van der Waals surface area contributed by atoms with Crippen LogP contribution in [0.1, 0.15) is 5.56 Å². The zero-order valence-corrected chi connectivity index (χ0v) is 19.4. The average molecular weight is 485 g/mol. The molecule has 2 heterocycles. The normalized spacial score (nSPS) is 11.8. The standard InChI is InChI=1S/C26H20N4O4S/c1-35(32,33)22-13-11-20(12-14-22)28-27-16-19-17-30(21-8-3-2-4-9-21)29-25(19)23-15-18-7-5-6-10-24(18)34-26(23)31/h2-17,28H,1H3/b27-16+. The molecule has 0 atom stereocenters. The van der Waals surface area contributed by atoms with Gasteiger partial charge in [-0.1, -0.05) is 36.4 Å². The molecule has 0 saturated heterocycles. The number of para-hydroxylation sites is 2. The van der Waals surface area contributed by atoms with Crippen LogP contribution in [0.15, 0.2) is 110 Å². The number of anilines is 1. The largest absolute Gasteiger partial charge is 0.422 e. The van der Waals surface area contributed by atoms with Crippen LogP contribution in [0, 0.1) is 0 Å². The van der Waals surface area contributed by atoms with E-state index in [4.69, 9.17) is 4.42 Å². The quantitative estimate of drug-likeness (QED) is 0.216. The lowest BCUT2D eigenvalue weighted by Crippen LogP contribution is -2.05. The Labute approximate surface area is 201 Å². The van der Waals surface area contributed by atoms with Crippen molar-refractivity contribution >= 4 is 32.7 Å². The molecule has 5 rings (SSSR count). The minimum absolute atomic E-state index is 0.224. The Balaban J connectivity index is 1.53. The van der Waals surface area contributed by atoms with Crippen molar-refractivity contribution in [2.45, 2.75) is 4.90 Å². The third-order valence-electron chi connectivity index (χ3n) is 5.34. The second-order valence-corrected chi connectivity index (χ2v) is 9.88. The minimum Gasteiger partial charge on any atom is -0.422 e. The van der Waals surface area contributed by atoms with Crippen LogP contribution >= 0.6 is 0 Å². The lowest BCUT2D eigenvalue weighted by molar-refractivity contribution is 0.563. The molecule has 0 fully saturated rings. The predicted molar refractivity (Wildman–Crippen MR) is 136 cm³/mol. The van der Waals surface area contributed by atoms with Gasteiger partial charge in [-0.3, -0.25) is 5.43 Å². The number of hydrogen-bond acceptors (Lipinski definition) is 7. The maximum absolute atomic E-state index is 12.8. The van der Waals surface area contributed by atoms with Crippen molar-refractivity contribution in [2.24, 2.45) is 5.10 Å². The molecule has 0 aliphatic carbocycles. The maximum atomic E-state index is 12.8. The second kappa shape index (κ2) is 9.03. The van der Waals surface area contributed by atoms with Gasteiger partial charge in [-0.2, -0.15) is 10.2 Å². The number of hydrogen-bond donors (Lipinski definition) is 1. The van der Waals surface area contributed by atoms with Gasteiger partial charge in [-0.05, 0) is 48.5 Å². The number of nitrogens with one attached hydrogen (secondary N) is 1. The molecule has 8 nitrogen and oxygen atoms in total. The van der Waals surface area contributed by atoms with E-state index in [9.17, 15) is 13.2 Å². The van der Waals surface area contributed by atoms with Crippen LogP contribution < -0.4 is 11.1 Å². The smallest absolute Gasteiger partial charge is 0.345 e. The van der Waals surface area contributed by atoms with Crippen LogP contribution in [0.3, 0.4) is 0 Å². The number of aromatic nitrogens is 2. The van der Waals surface area contributed by atoms with Gasteiger partial charge in [0.05, 0.1) is 28.0 Å². The van der Waals surface area contributed by atoms with Crippen LogP contribution in [0.5, 0.6) is 0 Å². The molecule has 0 amide bonds. The van der Waals surface area contributed by atoms with E-state index in [1.54, 1.807) is 47.4 Å². The lowest BCUT2D eigenvalue weighted by Gasteiger charge is -2.02. The Morgan fingerprint density at radius 2 is 1.69 bits per heavy atom. The van der Waals surface area contributed by atoms with Crippen molar-refractivity contribution in [3.63, 3.8) is 0 Å². The first kappa shape index (κ1) is 22.3. The van der Waals surface area contributed by atoms with E-state index in [0.717, 1.165) is 17.3 Å². The number of hydrazone groups is 1. The first-order valence-corrected chi connectivity index (χ1v) is 12.6. The Morgan fingerprint density at radius 3 is 2.43 bits per heavy atom.